The second-order valence-corrected chi connectivity index (χ2v) is 1.30. The van der Waals surface area contributed by atoms with Crippen molar-refractivity contribution in [2.45, 2.75) is 5.79 Å². The van der Waals surface area contributed by atoms with Gasteiger partial charge < -0.3 is 0 Å². The minimum atomic E-state index is 0.389. The Kier molecular flexibility index (Phi) is 0.323. The third-order valence-electron chi connectivity index (χ3n) is 0.289. The lowest BCUT2D eigenvalue weighted by Gasteiger charge is -1.48. The maximum absolute atomic E-state index is 3.20. The molecule has 1 heterocycles. The summed E-state index contributed by atoms with van der Waals surface area (Å²) < 4.78 is 0. The molecule has 0 aromatic carbocycles. The zero-order valence-electron chi connectivity index (χ0n) is 2.08. The molecule has 0 amide bonds. The van der Waals surface area contributed by atoms with E-state index in [4.69, 9.17) is 0 Å². The molecule has 1 fully saturated rings. The number of nitrogens with one attached hydrogen (secondary N) is 2. The van der Waals surface area contributed by atoms with Crippen LogP contribution >= 0.6 is 0 Å². The van der Waals surface area contributed by atoms with Gasteiger partial charge in [-0.2, -0.15) is 0 Å². The SMILES string of the molecule is [Si]C1NN1. The van der Waals surface area contributed by atoms with E-state index in [1.807, 2.05) is 0 Å². The fraction of sp³-hybridized carbons (Fsp3) is 1.00. The number of hydrazine groups is 1. The van der Waals surface area contributed by atoms with Crippen molar-refractivity contribution in [2.24, 2.45) is 0 Å². The average molecular weight is 71.1 g/mol. The molecular weight excluding hydrogens is 68.1 g/mol. The van der Waals surface area contributed by atoms with Gasteiger partial charge in [0.1, 0.15) is 0 Å². The zero-order chi connectivity index (χ0) is 2.99. The molecule has 0 bridgehead atoms. The van der Waals surface area contributed by atoms with Gasteiger partial charge in [-0.25, -0.2) is 10.9 Å². The third-order valence-corrected chi connectivity index (χ3v) is 0.577. The van der Waals surface area contributed by atoms with Crippen LogP contribution in [0.2, 0.25) is 0 Å². The Balaban J connectivity index is 2.17. The molecular formula is CH3N2Si. The molecule has 1 aliphatic rings. The minimum Gasteiger partial charge on any atom is -0.242 e. The molecule has 0 aliphatic carbocycles. The van der Waals surface area contributed by atoms with Crippen LogP contribution in [0.1, 0.15) is 0 Å². The van der Waals surface area contributed by atoms with Crippen LogP contribution in [0, 0.1) is 0 Å². The maximum Gasteiger partial charge on any atom is 0.0732 e. The normalized spacial score (nSPS) is 26.2. The van der Waals surface area contributed by atoms with Gasteiger partial charge in [0.05, 0.1) is 16.0 Å². The van der Waals surface area contributed by atoms with Crippen LogP contribution in [0.15, 0.2) is 0 Å². The van der Waals surface area contributed by atoms with Crippen molar-refractivity contribution in [3.05, 3.63) is 0 Å². The molecule has 2 nitrogen and oxygen atoms in total. The Morgan fingerprint density at radius 2 is 1.75 bits per heavy atom. The summed E-state index contributed by atoms with van der Waals surface area (Å²) in [5.41, 5.74) is 5.52. The molecule has 0 saturated carbocycles. The fourth-order valence-electron chi connectivity index (χ4n) is 0.0417. The molecule has 2 N–H and O–H groups in total. The summed E-state index contributed by atoms with van der Waals surface area (Å²) in [5, 5.41) is 0. The summed E-state index contributed by atoms with van der Waals surface area (Å²) in [6, 6.07) is 0. The van der Waals surface area contributed by atoms with Crippen LogP contribution in [-0.4, -0.2) is 16.0 Å². The molecule has 1 saturated heterocycles. The van der Waals surface area contributed by atoms with Gasteiger partial charge in [-0.1, -0.05) is 0 Å². The largest absolute Gasteiger partial charge is 0.242 e. The monoisotopic (exact) mass is 71.0 g/mol. The van der Waals surface area contributed by atoms with E-state index in [9.17, 15) is 0 Å². The number of hydrogen-bond acceptors (Lipinski definition) is 2. The first-order valence-corrected chi connectivity index (χ1v) is 1.69. The molecule has 0 aromatic heterocycles. The topological polar surface area (TPSA) is 43.9 Å². The summed E-state index contributed by atoms with van der Waals surface area (Å²) >= 11 is 0. The lowest BCUT2D eigenvalue weighted by atomic mass is 11.4. The van der Waals surface area contributed by atoms with Gasteiger partial charge in [-0.15, -0.1) is 0 Å². The second kappa shape index (κ2) is 0.543. The lowest BCUT2D eigenvalue weighted by molar-refractivity contribution is 1.17. The van der Waals surface area contributed by atoms with Crippen LogP contribution < -0.4 is 10.9 Å². The average Bonchev–Trinajstić information content (AvgIpc) is 1.75. The van der Waals surface area contributed by atoms with E-state index in [1.165, 1.54) is 0 Å². The zero-order valence-corrected chi connectivity index (χ0v) is 3.08. The molecule has 1 aliphatic heterocycles. The Labute approximate surface area is 28.0 Å². The minimum absolute atomic E-state index is 0.389. The van der Waals surface area contributed by atoms with Crippen molar-refractivity contribution in [2.75, 3.05) is 0 Å². The van der Waals surface area contributed by atoms with Crippen molar-refractivity contribution in [3.8, 4) is 0 Å². The van der Waals surface area contributed by atoms with E-state index < -0.39 is 0 Å². The van der Waals surface area contributed by atoms with Crippen LogP contribution in [0.25, 0.3) is 0 Å². The molecule has 3 heteroatoms. The van der Waals surface area contributed by atoms with Crippen molar-refractivity contribution in [1.29, 1.82) is 0 Å². The van der Waals surface area contributed by atoms with Gasteiger partial charge in [0.2, 0.25) is 0 Å². The van der Waals surface area contributed by atoms with Gasteiger partial charge in [0, 0.05) is 0 Å². The molecule has 3 radical (unpaired) electrons. The molecule has 1 rings (SSSR count). The highest BCUT2D eigenvalue weighted by molar-refractivity contribution is 6.12. The van der Waals surface area contributed by atoms with Crippen molar-refractivity contribution >= 4 is 10.2 Å². The highest BCUT2D eigenvalue weighted by Crippen LogP contribution is 1.70. The van der Waals surface area contributed by atoms with E-state index in [1.54, 1.807) is 0 Å². The van der Waals surface area contributed by atoms with E-state index in [2.05, 4.69) is 21.1 Å². The molecule has 0 aromatic rings. The fourth-order valence-corrected chi connectivity index (χ4v) is 0.125. The van der Waals surface area contributed by atoms with Gasteiger partial charge >= 0.3 is 0 Å². The van der Waals surface area contributed by atoms with E-state index in [0.29, 0.717) is 5.79 Å². The first-order valence-electron chi connectivity index (χ1n) is 1.12. The Morgan fingerprint density at radius 1 is 1.50 bits per heavy atom. The molecule has 4 heavy (non-hydrogen) atoms. The van der Waals surface area contributed by atoms with E-state index >= 15 is 0 Å². The number of hydrogen-bond donors (Lipinski definition) is 2. The van der Waals surface area contributed by atoms with E-state index in [0.717, 1.165) is 0 Å². The van der Waals surface area contributed by atoms with Crippen LogP contribution in [0.4, 0.5) is 0 Å². The number of rotatable bonds is 0. The van der Waals surface area contributed by atoms with Crippen LogP contribution in [0.5, 0.6) is 0 Å². The predicted octanol–water partition coefficient (Wildman–Crippen LogP) is -1.45. The molecule has 0 unspecified atom stereocenters. The highest BCUT2D eigenvalue weighted by Gasteiger charge is 2.08. The molecule has 21 valence electrons. The van der Waals surface area contributed by atoms with Gasteiger partial charge in [-0.05, 0) is 0 Å². The Morgan fingerprint density at radius 3 is 1.75 bits per heavy atom. The van der Waals surface area contributed by atoms with Gasteiger partial charge in [0.15, 0.2) is 0 Å². The van der Waals surface area contributed by atoms with Crippen molar-refractivity contribution in [3.63, 3.8) is 0 Å². The van der Waals surface area contributed by atoms with Crippen LogP contribution in [-0.2, 0) is 0 Å². The molecule has 0 atom stereocenters. The Bertz CT molecular complexity index is 25.2. The summed E-state index contributed by atoms with van der Waals surface area (Å²) in [5.74, 6) is 0.389. The summed E-state index contributed by atoms with van der Waals surface area (Å²) in [4.78, 5) is 0. The lowest BCUT2D eigenvalue weighted by Crippen LogP contribution is -1.83. The maximum atomic E-state index is 3.20. The Hall–Kier alpha value is 0.137. The van der Waals surface area contributed by atoms with Gasteiger partial charge in [0.25, 0.3) is 0 Å². The summed E-state index contributed by atoms with van der Waals surface area (Å²) in [7, 11) is 3.20. The van der Waals surface area contributed by atoms with Gasteiger partial charge in [-0.3, -0.25) is 0 Å². The predicted molar refractivity (Wildman–Crippen MR) is 15.8 cm³/mol. The third kappa shape index (κ3) is 0.281. The summed E-state index contributed by atoms with van der Waals surface area (Å²) in [6.07, 6.45) is 0. The van der Waals surface area contributed by atoms with Crippen LogP contribution in [0.3, 0.4) is 0 Å². The van der Waals surface area contributed by atoms with E-state index in [-0.39, 0.29) is 0 Å². The second-order valence-electron chi connectivity index (χ2n) is 0.722. The standard InChI is InChI=1S/CH3N2Si/c4-1-2-3-1/h1-3H. The first-order chi connectivity index (χ1) is 1.89. The van der Waals surface area contributed by atoms with Crippen molar-refractivity contribution < 1.29 is 0 Å². The van der Waals surface area contributed by atoms with Crippen molar-refractivity contribution in [1.82, 2.24) is 10.9 Å². The summed E-state index contributed by atoms with van der Waals surface area (Å²) in [6.45, 7) is 0. The quantitative estimate of drug-likeness (QED) is 0.271. The highest BCUT2D eigenvalue weighted by atomic mass is 28.1. The first kappa shape index (κ1) is 2.38. The smallest absolute Gasteiger partial charge is 0.0732 e. The molecule has 0 spiro atoms.